The maximum atomic E-state index is 12.8. The molecule has 0 amide bonds. The Morgan fingerprint density at radius 1 is 1.14 bits per heavy atom. The predicted molar refractivity (Wildman–Crippen MR) is 104 cm³/mol. The van der Waals surface area contributed by atoms with Crippen molar-refractivity contribution in [1.29, 1.82) is 0 Å². The lowest BCUT2D eigenvalue weighted by molar-refractivity contribution is -0.139. The first-order valence-corrected chi connectivity index (χ1v) is 8.88. The molecule has 3 rings (SSSR count). The molecule has 0 radical (unpaired) electrons. The third kappa shape index (κ3) is 4.86. The molecule has 1 heterocycles. The highest BCUT2D eigenvalue weighted by molar-refractivity contribution is 9.10. The van der Waals surface area contributed by atoms with Crippen molar-refractivity contribution in [1.82, 2.24) is 15.2 Å². The molecule has 0 spiro atoms. The topological polar surface area (TPSA) is 137 Å². The van der Waals surface area contributed by atoms with Gasteiger partial charge in [0.1, 0.15) is 11.6 Å². The molecule has 1 aromatic heterocycles. The van der Waals surface area contributed by atoms with Crippen molar-refractivity contribution in [2.75, 3.05) is 11.9 Å². The lowest BCUT2D eigenvalue weighted by Crippen LogP contribution is -2.12. The summed E-state index contributed by atoms with van der Waals surface area (Å²) in [5, 5.41) is 16.8. The minimum absolute atomic E-state index is 0.195. The largest absolute Gasteiger partial charge is 0.481 e. The number of hydrogen-bond acceptors (Lipinski definition) is 6. The van der Waals surface area contributed by atoms with E-state index in [2.05, 4.69) is 36.4 Å². The van der Waals surface area contributed by atoms with Gasteiger partial charge in [-0.05, 0) is 42.5 Å². The number of ketones is 1. The second-order valence-corrected chi connectivity index (χ2v) is 6.61. The maximum Gasteiger partial charge on any atom is 0.361 e. The fourth-order valence-electron chi connectivity index (χ4n) is 2.41. The van der Waals surface area contributed by atoms with E-state index in [1.807, 2.05) is 0 Å². The third-order valence-corrected chi connectivity index (χ3v) is 4.19. The number of aliphatic carboxylic acids is 1. The lowest BCUT2D eigenvalue weighted by Gasteiger charge is -2.11. The highest BCUT2D eigenvalue weighted by Gasteiger charge is 2.16. The van der Waals surface area contributed by atoms with Crippen molar-refractivity contribution in [2.45, 2.75) is 6.54 Å². The molecule has 0 saturated carbocycles. The van der Waals surface area contributed by atoms with Gasteiger partial charge in [-0.1, -0.05) is 15.9 Å². The Morgan fingerprint density at radius 2 is 1.89 bits per heavy atom. The molecule has 0 aliphatic carbocycles. The van der Waals surface area contributed by atoms with Crippen LogP contribution in [0.5, 0.6) is 5.75 Å². The molecule has 0 aliphatic heterocycles. The Hall–Kier alpha value is -3.40. The van der Waals surface area contributed by atoms with Crippen LogP contribution in [0.2, 0.25) is 0 Å². The number of carbonyl (C=O) groups is 2. The summed E-state index contributed by atoms with van der Waals surface area (Å²) in [5.74, 6) is -0.778. The Balaban J connectivity index is 1.74. The van der Waals surface area contributed by atoms with E-state index < -0.39 is 18.3 Å². The Labute approximate surface area is 166 Å². The van der Waals surface area contributed by atoms with E-state index in [0.29, 0.717) is 22.4 Å². The smallest absolute Gasteiger partial charge is 0.361 e. The molecule has 0 saturated heterocycles. The number of carboxylic acid groups (broad SMARTS) is 1. The zero-order chi connectivity index (χ0) is 20.1. The normalized spacial score (nSPS) is 10.5. The molecule has 4 N–H and O–H groups in total. The van der Waals surface area contributed by atoms with Crippen molar-refractivity contribution < 1.29 is 19.4 Å². The number of carbonyl (C=O) groups excluding carboxylic acids is 1. The van der Waals surface area contributed by atoms with Gasteiger partial charge >= 0.3 is 11.7 Å². The Bertz CT molecular complexity index is 1060. The van der Waals surface area contributed by atoms with Gasteiger partial charge in [0.15, 0.2) is 12.4 Å². The van der Waals surface area contributed by atoms with E-state index >= 15 is 0 Å². The number of aromatic nitrogens is 3. The van der Waals surface area contributed by atoms with Crippen LogP contribution in [-0.2, 0) is 11.3 Å². The molecule has 0 fully saturated rings. The van der Waals surface area contributed by atoms with Gasteiger partial charge in [0.2, 0.25) is 0 Å². The van der Waals surface area contributed by atoms with Crippen molar-refractivity contribution in [3.63, 3.8) is 0 Å². The van der Waals surface area contributed by atoms with Gasteiger partial charge in [0.05, 0.1) is 12.1 Å². The number of ether oxygens (including phenoxy) is 1. The summed E-state index contributed by atoms with van der Waals surface area (Å²) in [5.41, 5.74) is 0.951. The van der Waals surface area contributed by atoms with Crippen LogP contribution >= 0.6 is 15.9 Å². The first-order valence-electron chi connectivity index (χ1n) is 8.09. The molecule has 3 aromatic rings. The third-order valence-electron chi connectivity index (χ3n) is 3.69. The van der Waals surface area contributed by atoms with Crippen LogP contribution in [0.4, 0.5) is 5.69 Å². The first kappa shape index (κ1) is 19.4. The molecule has 0 bridgehead atoms. The number of aromatic amines is 2. The summed E-state index contributed by atoms with van der Waals surface area (Å²) in [6, 6.07) is 11.5. The van der Waals surface area contributed by atoms with Gasteiger partial charge < -0.3 is 15.2 Å². The van der Waals surface area contributed by atoms with E-state index in [1.165, 1.54) is 0 Å². The Morgan fingerprint density at radius 3 is 2.54 bits per heavy atom. The van der Waals surface area contributed by atoms with Crippen LogP contribution in [-0.4, -0.2) is 38.6 Å². The molecule has 2 aromatic carbocycles. The highest BCUT2D eigenvalue weighted by atomic mass is 79.9. The van der Waals surface area contributed by atoms with Gasteiger partial charge in [-0.3, -0.25) is 9.89 Å². The van der Waals surface area contributed by atoms with Crippen molar-refractivity contribution in [2.24, 2.45) is 0 Å². The predicted octanol–water partition coefficient (Wildman–Crippen LogP) is 2.17. The van der Waals surface area contributed by atoms with E-state index in [-0.39, 0.29) is 17.1 Å². The molecular formula is C18H15BrN4O5. The lowest BCUT2D eigenvalue weighted by atomic mass is 10.0. The molecule has 0 unspecified atom stereocenters. The van der Waals surface area contributed by atoms with Crippen LogP contribution in [0.3, 0.4) is 0 Å². The standard InChI is InChI=1S/C18H15BrN4O5/c19-11-3-6-14(28-9-16(24)25)13(7-11)17(26)10-1-4-12(5-2-10)20-8-15-21-18(27)23-22-15/h1-7,20H,8-9H2,(H,24,25)(H2,21,22,23,27). The number of carboxylic acids is 1. The number of benzene rings is 2. The van der Waals surface area contributed by atoms with Gasteiger partial charge in [-0.25, -0.2) is 14.7 Å². The van der Waals surface area contributed by atoms with E-state index in [0.717, 1.165) is 5.69 Å². The summed E-state index contributed by atoms with van der Waals surface area (Å²) in [6.45, 7) is -0.231. The molecule has 144 valence electrons. The van der Waals surface area contributed by atoms with Crippen LogP contribution in [0.15, 0.2) is 51.7 Å². The fraction of sp³-hybridized carbons (Fsp3) is 0.111. The summed E-state index contributed by atoms with van der Waals surface area (Å²) < 4.78 is 5.89. The molecule has 10 heteroatoms. The van der Waals surface area contributed by atoms with Gasteiger partial charge in [0, 0.05) is 15.7 Å². The number of rotatable bonds is 8. The summed E-state index contributed by atoms with van der Waals surface area (Å²) in [6.07, 6.45) is 0. The van der Waals surface area contributed by atoms with Gasteiger partial charge in [-0.2, -0.15) is 4.98 Å². The van der Waals surface area contributed by atoms with Crippen molar-refractivity contribution >= 4 is 33.4 Å². The number of halogens is 1. The molecule has 0 atom stereocenters. The second kappa shape index (κ2) is 8.53. The summed E-state index contributed by atoms with van der Waals surface area (Å²) in [4.78, 5) is 38.3. The number of H-pyrrole nitrogens is 2. The number of nitrogens with zero attached hydrogens (tertiary/aromatic N) is 1. The van der Waals surface area contributed by atoms with Crippen LogP contribution in [0.25, 0.3) is 0 Å². The molecule has 9 nitrogen and oxygen atoms in total. The molecular weight excluding hydrogens is 432 g/mol. The van der Waals surface area contributed by atoms with Crippen molar-refractivity contribution in [3.05, 3.63) is 74.4 Å². The van der Waals surface area contributed by atoms with E-state index in [4.69, 9.17) is 9.84 Å². The van der Waals surface area contributed by atoms with Crippen LogP contribution in [0.1, 0.15) is 21.7 Å². The van der Waals surface area contributed by atoms with Gasteiger partial charge in [0.25, 0.3) is 0 Å². The SMILES string of the molecule is O=C(O)COc1ccc(Br)cc1C(=O)c1ccc(NCc2nc(=O)[nH][nH]2)cc1. The summed E-state index contributed by atoms with van der Waals surface area (Å²) >= 11 is 3.31. The fourth-order valence-corrected chi connectivity index (χ4v) is 2.77. The second-order valence-electron chi connectivity index (χ2n) is 5.70. The average Bonchev–Trinajstić information content (AvgIpc) is 3.10. The Kier molecular flexibility index (Phi) is 5.90. The van der Waals surface area contributed by atoms with Crippen molar-refractivity contribution in [3.8, 4) is 5.75 Å². The van der Waals surface area contributed by atoms with Crippen LogP contribution < -0.4 is 15.7 Å². The first-order chi connectivity index (χ1) is 13.4. The molecule has 28 heavy (non-hydrogen) atoms. The van der Waals surface area contributed by atoms with E-state index in [1.54, 1.807) is 42.5 Å². The van der Waals surface area contributed by atoms with Gasteiger partial charge in [-0.15, -0.1) is 0 Å². The zero-order valence-electron chi connectivity index (χ0n) is 14.4. The number of hydrogen-bond donors (Lipinski definition) is 4. The monoisotopic (exact) mass is 446 g/mol. The minimum atomic E-state index is -1.13. The quantitative estimate of drug-likeness (QED) is 0.389. The highest BCUT2D eigenvalue weighted by Crippen LogP contribution is 2.26. The molecule has 0 aliphatic rings. The number of anilines is 1. The minimum Gasteiger partial charge on any atom is -0.481 e. The maximum absolute atomic E-state index is 12.8. The van der Waals surface area contributed by atoms with E-state index in [9.17, 15) is 14.4 Å². The zero-order valence-corrected chi connectivity index (χ0v) is 15.9. The van der Waals surface area contributed by atoms with Crippen LogP contribution in [0, 0.1) is 0 Å². The summed E-state index contributed by atoms with van der Waals surface area (Å²) in [7, 11) is 0. The number of nitrogens with one attached hydrogen (secondary N) is 3. The average molecular weight is 447 g/mol.